The van der Waals surface area contributed by atoms with Gasteiger partial charge in [0.2, 0.25) is 0 Å². The molecule has 0 amide bonds. The summed E-state index contributed by atoms with van der Waals surface area (Å²) in [7, 11) is 1.44. The maximum absolute atomic E-state index is 11.9. The average molecular weight is 222 g/mol. The van der Waals surface area contributed by atoms with E-state index in [4.69, 9.17) is 5.26 Å². The Labute approximate surface area is 88.7 Å². The predicted molar refractivity (Wildman–Crippen MR) is 52.2 cm³/mol. The SMILES string of the molecule is CN(CCCC(C)(C)C#N)CC(F)(F)F. The van der Waals surface area contributed by atoms with Crippen LogP contribution in [0.2, 0.25) is 0 Å². The molecule has 2 nitrogen and oxygen atoms in total. The fraction of sp³-hybridized carbons (Fsp3) is 0.900. The zero-order valence-electron chi connectivity index (χ0n) is 9.36. The number of alkyl halides is 3. The van der Waals surface area contributed by atoms with Crippen LogP contribution in [0.5, 0.6) is 0 Å². The summed E-state index contributed by atoms with van der Waals surface area (Å²) in [4.78, 5) is 1.23. The quantitative estimate of drug-likeness (QED) is 0.715. The van der Waals surface area contributed by atoms with Crippen molar-refractivity contribution in [1.82, 2.24) is 4.90 Å². The molecule has 0 spiro atoms. The van der Waals surface area contributed by atoms with E-state index in [9.17, 15) is 13.2 Å². The van der Waals surface area contributed by atoms with Crippen LogP contribution >= 0.6 is 0 Å². The van der Waals surface area contributed by atoms with Crippen LogP contribution in [-0.4, -0.2) is 31.2 Å². The fourth-order valence-electron chi connectivity index (χ4n) is 1.23. The van der Waals surface area contributed by atoms with Crippen molar-refractivity contribution in [3.8, 4) is 6.07 Å². The summed E-state index contributed by atoms with van der Waals surface area (Å²) in [6, 6.07) is 2.12. The maximum Gasteiger partial charge on any atom is 0.401 e. The zero-order valence-corrected chi connectivity index (χ0v) is 9.36. The van der Waals surface area contributed by atoms with E-state index in [0.717, 1.165) is 0 Å². The van der Waals surface area contributed by atoms with E-state index in [1.807, 2.05) is 0 Å². The summed E-state index contributed by atoms with van der Waals surface area (Å²) in [5, 5.41) is 8.70. The van der Waals surface area contributed by atoms with E-state index in [2.05, 4.69) is 6.07 Å². The van der Waals surface area contributed by atoms with Crippen LogP contribution in [-0.2, 0) is 0 Å². The zero-order chi connectivity index (χ0) is 12.1. The van der Waals surface area contributed by atoms with Crippen LogP contribution in [0.15, 0.2) is 0 Å². The van der Waals surface area contributed by atoms with Crippen molar-refractivity contribution in [3.63, 3.8) is 0 Å². The lowest BCUT2D eigenvalue weighted by atomic mass is 9.90. The Morgan fingerprint density at radius 2 is 1.80 bits per heavy atom. The highest BCUT2D eigenvalue weighted by atomic mass is 19.4. The van der Waals surface area contributed by atoms with E-state index in [1.165, 1.54) is 11.9 Å². The van der Waals surface area contributed by atoms with Crippen LogP contribution in [0.4, 0.5) is 13.2 Å². The topological polar surface area (TPSA) is 27.0 Å². The Kier molecular flexibility index (Phi) is 5.09. The molecule has 0 saturated heterocycles. The first-order valence-electron chi connectivity index (χ1n) is 4.83. The molecule has 0 bridgehead atoms. The molecule has 15 heavy (non-hydrogen) atoms. The summed E-state index contributed by atoms with van der Waals surface area (Å²) in [6.45, 7) is 3.05. The van der Waals surface area contributed by atoms with Gasteiger partial charge in [-0.2, -0.15) is 18.4 Å². The summed E-state index contributed by atoms with van der Waals surface area (Å²) >= 11 is 0. The Morgan fingerprint density at radius 3 is 2.20 bits per heavy atom. The monoisotopic (exact) mass is 222 g/mol. The first kappa shape index (κ1) is 14.2. The van der Waals surface area contributed by atoms with Gasteiger partial charge in [0.1, 0.15) is 0 Å². The van der Waals surface area contributed by atoms with Crippen LogP contribution in [0.3, 0.4) is 0 Å². The van der Waals surface area contributed by atoms with Crippen LogP contribution in [0, 0.1) is 16.7 Å². The van der Waals surface area contributed by atoms with E-state index in [-0.39, 0.29) is 0 Å². The van der Waals surface area contributed by atoms with Gasteiger partial charge in [-0.3, -0.25) is 4.90 Å². The summed E-state index contributed by atoms with van der Waals surface area (Å²) in [5.74, 6) is 0. The van der Waals surface area contributed by atoms with Gasteiger partial charge in [-0.15, -0.1) is 0 Å². The Bertz CT molecular complexity index is 228. The predicted octanol–water partition coefficient (Wildman–Crippen LogP) is 2.81. The minimum atomic E-state index is -4.14. The number of rotatable bonds is 5. The highest BCUT2D eigenvalue weighted by molar-refractivity contribution is 4.91. The molecule has 0 aromatic heterocycles. The van der Waals surface area contributed by atoms with E-state index >= 15 is 0 Å². The standard InChI is InChI=1S/C10H17F3N2/c1-9(2,7-14)5-4-6-15(3)8-10(11,12)13/h4-6,8H2,1-3H3. The van der Waals surface area contributed by atoms with Gasteiger partial charge < -0.3 is 0 Å². The van der Waals surface area contributed by atoms with Gasteiger partial charge in [-0.25, -0.2) is 0 Å². The summed E-state index contributed by atoms with van der Waals surface area (Å²) in [6.07, 6.45) is -2.92. The lowest BCUT2D eigenvalue weighted by Crippen LogP contribution is -2.32. The molecule has 0 aliphatic carbocycles. The van der Waals surface area contributed by atoms with Crippen LogP contribution in [0.1, 0.15) is 26.7 Å². The van der Waals surface area contributed by atoms with Gasteiger partial charge >= 0.3 is 6.18 Å². The maximum atomic E-state index is 11.9. The molecule has 0 unspecified atom stereocenters. The van der Waals surface area contributed by atoms with Crippen LogP contribution < -0.4 is 0 Å². The van der Waals surface area contributed by atoms with Crippen molar-refractivity contribution in [2.75, 3.05) is 20.1 Å². The minimum Gasteiger partial charge on any atom is -0.298 e. The highest BCUT2D eigenvalue weighted by Crippen LogP contribution is 2.21. The Hall–Kier alpha value is -0.760. The Balaban J connectivity index is 3.75. The molecule has 0 atom stereocenters. The molecule has 0 aromatic carbocycles. The number of nitriles is 1. The van der Waals surface area contributed by atoms with E-state index in [0.29, 0.717) is 19.4 Å². The number of hydrogen-bond acceptors (Lipinski definition) is 2. The molecule has 0 fully saturated rings. The second kappa shape index (κ2) is 5.36. The number of hydrogen-bond donors (Lipinski definition) is 0. The second-order valence-corrected chi connectivity index (χ2v) is 4.45. The molecule has 5 heteroatoms. The molecule has 88 valence electrons. The van der Waals surface area contributed by atoms with E-state index in [1.54, 1.807) is 13.8 Å². The third-order valence-corrected chi connectivity index (χ3v) is 2.09. The number of nitrogens with zero attached hydrogens (tertiary/aromatic N) is 2. The van der Waals surface area contributed by atoms with Gasteiger partial charge in [0, 0.05) is 0 Å². The van der Waals surface area contributed by atoms with Crippen molar-refractivity contribution >= 4 is 0 Å². The first-order valence-corrected chi connectivity index (χ1v) is 4.83. The van der Waals surface area contributed by atoms with Gasteiger partial charge in [0.25, 0.3) is 0 Å². The molecule has 0 aliphatic rings. The van der Waals surface area contributed by atoms with E-state index < -0.39 is 18.1 Å². The van der Waals surface area contributed by atoms with Gasteiger partial charge in [0.15, 0.2) is 0 Å². The smallest absolute Gasteiger partial charge is 0.298 e. The second-order valence-electron chi connectivity index (χ2n) is 4.45. The molecule has 0 heterocycles. The Morgan fingerprint density at radius 1 is 1.27 bits per heavy atom. The van der Waals surface area contributed by atoms with Gasteiger partial charge in [-0.1, -0.05) is 0 Å². The van der Waals surface area contributed by atoms with Crippen molar-refractivity contribution in [2.24, 2.45) is 5.41 Å². The molecular weight excluding hydrogens is 205 g/mol. The number of halogens is 3. The largest absolute Gasteiger partial charge is 0.401 e. The van der Waals surface area contributed by atoms with Gasteiger partial charge in [-0.05, 0) is 40.3 Å². The van der Waals surface area contributed by atoms with Crippen LogP contribution in [0.25, 0.3) is 0 Å². The molecule has 0 saturated carbocycles. The van der Waals surface area contributed by atoms with Crippen molar-refractivity contribution in [1.29, 1.82) is 5.26 Å². The fourth-order valence-corrected chi connectivity index (χ4v) is 1.23. The highest BCUT2D eigenvalue weighted by Gasteiger charge is 2.29. The van der Waals surface area contributed by atoms with Crippen molar-refractivity contribution < 1.29 is 13.2 Å². The molecule has 0 radical (unpaired) electrons. The lowest BCUT2D eigenvalue weighted by molar-refractivity contribution is -0.143. The summed E-state index contributed by atoms with van der Waals surface area (Å²) < 4.78 is 35.8. The molecule has 0 N–H and O–H groups in total. The molecule has 0 aromatic rings. The molecule has 0 rings (SSSR count). The third kappa shape index (κ3) is 8.25. The van der Waals surface area contributed by atoms with Crippen molar-refractivity contribution in [3.05, 3.63) is 0 Å². The van der Waals surface area contributed by atoms with Gasteiger partial charge in [0.05, 0.1) is 18.0 Å². The molecular formula is C10H17F3N2. The lowest BCUT2D eigenvalue weighted by Gasteiger charge is -2.20. The average Bonchev–Trinajstić information content (AvgIpc) is 2.00. The normalized spacial score (nSPS) is 12.9. The van der Waals surface area contributed by atoms with Crippen molar-refractivity contribution in [2.45, 2.75) is 32.9 Å². The molecule has 0 aliphatic heterocycles. The minimum absolute atomic E-state index is 0.366. The first-order chi connectivity index (χ1) is 6.66. The summed E-state index contributed by atoms with van der Waals surface area (Å²) in [5.41, 5.74) is -0.445. The third-order valence-electron chi connectivity index (χ3n) is 2.09.